The molecule has 2 heterocycles. The van der Waals surface area contributed by atoms with Gasteiger partial charge >= 0.3 is 7.60 Å². The smallest absolute Gasteiger partial charge is 0.332 e. The first-order valence-electron chi connectivity index (χ1n) is 10.7. The fourth-order valence-corrected chi connectivity index (χ4v) is 5.75. The molecule has 0 atom stereocenters. The molecule has 0 aliphatic heterocycles. The Hall–Kier alpha value is -2.52. The number of nitrogens with one attached hydrogen (secondary N) is 2. The van der Waals surface area contributed by atoms with Crippen LogP contribution in [0.5, 0.6) is 0 Å². The lowest BCUT2D eigenvalue weighted by Crippen LogP contribution is -2.26. The van der Waals surface area contributed by atoms with Crippen LogP contribution in [0.15, 0.2) is 35.1 Å². The first kappa shape index (κ1) is 25.1. The minimum absolute atomic E-state index is 0.119. The zero-order chi connectivity index (χ0) is 24.0. The van der Waals surface area contributed by atoms with E-state index in [4.69, 9.17) is 9.05 Å². The molecular weight excluding hydrogens is 463 g/mol. The van der Waals surface area contributed by atoms with E-state index in [0.29, 0.717) is 28.1 Å². The Morgan fingerprint density at radius 2 is 1.94 bits per heavy atom. The average Bonchev–Trinajstić information content (AvgIpc) is 3.25. The molecule has 11 heteroatoms. The highest BCUT2D eigenvalue weighted by molar-refractivity contribution is 7.53. The normalized spacial score (nSPS) is 11.6. The van der Waals surface area contributed by atoms with Gasteiger partial charge in [-0.15, -0.1) is 11.3 Å². The highest BCUT2D eigenvalue weighted by Gasteiger charge is 2.23. The van der Waals surface area contributed by atoms with Crippen LogP contribution in [0, 0.1) is 6.92 Å². The third kappa shape index (κ3) is 6.51. The molecule has 33 heavy (non-hydrogen) atoms. The van der Waals surface area contributed by atoms with Gasteiger partial charge in [-0.3, -0.25) is 14.2 Å². The van der Waals surface area contributed by atoms with Crippen molar-refractivity contribution in [2.24, 2.45) is 0 Å². The molecule has 0 unspecified atom stereocenters. The summed E-state index contributed by atoms with van der Waals surface area (Å²) in [5.41, 5.74) is 1.47. The second-order valence-electron chi connectivity index (χ2n) is 7.42. The maximum atomic E-state index is 12.5. The number of anilines is 1. The summed E-state index contributed by atoms with van der Waals surface area (Å²) in [4.78, 5) is 34.4. The van der Waals surface area contributed by atoms with Crippen molar-refractivity contribution >= 4 is 40.7 Å². The van der Waals surface area contributed by atoms with Crippen LogP contribution >= 0.6 is 18.9 Å². The molecule has 1 amide bonds. The van der Waals surface area contributed by atoms with Gasteiger partial charge in [-0.2, -0.15) is 0 Å². The Morgan fingerprint density at radius 1 is 1.21 bits per heavy atom. The Kier molecular flexibility index (Phi) is 8.42. The van der Waals surface area contributed by atoms with Crippen LogP contribution in [-0.4, -0.2) is 48.8 Å². The maximum absolute atomic E-state index is 12.5. The maximum Gasteiger partial charge on any atom is 0.332 e. The van der Waals surface area contributed by atoms with Crippen LogP contribution in [0.4, 0.5) is 5.00 Å². The Morgan fingerprint density at radius 3 is 2.64 bits per heavy atom. The summed E-state index contributed by atoms with van der Waals surface area (Å²) < 4.78 is 23.0. The van der Waals surface area contributed by atoms with Gasteiger partial charge in [0.05, 0.1) is 40.2 Å². The van der Waals surface area contributed by atoms with E-state index in [1.807, 2.05) is 36.2 Å². The zero-order valence-electron chi connectivity index (χ0n) is 19.2. The first-order chi connectivity index (χ1) is 15.7. The van der Waals surface area contributed by atoms with E-state index in [0.717, 1.165) is 10.6 Å². The molecule has 9 nitrogen and oxygen atoms in total. The molecule has 1 aromatic carbocycles. The molecule has 0 saturated carbocycles. The number of aryl methyl sites for hydroxylation is 1. The molecule has 0 aliphatic carbocycles. The molecule has 0 aliphatic rings. The molecule has 178 valence electrons. The summed E-state index contributed by atoms with van der Waals surface area (Å²) in [7, 11) is -1.26. The van der Waals surface area contributed by atoms with Crippen molar-refractivity contribution in [3.63, 3.8) is 0 Å². The van der Waals surface area contributed by atoms with Crippen molar-refractivity contribution in [1.29, 1.82) is 0 Å². The minimum atomic E-state index is -3.19. The monoisotopic (exact) mass is 492 g/mol. The molecule has 0 spiro atoms. The standard InChI is InChI=1S/C22H29N4O5PS/c1-5-30-32(29,31-6-2)12-11-23-22(28)19-9-10-20(33-19)26(4)14-16-7-8-18-17(13-16)21(27)25-15(3)24-18/h7-10,13H,5-6,11-12,14H2,1-4H3,(H,23,28)(H,24,25,27). The minimum Gasteiger partial charge on any atom is -0.362 e. The number of carbonyl (C=O) groups excluding carboxylic acids is 1. The summed E-state index contributed by atoms with van der Waals surface area (Å²) >= 11 is 1.36. The molecule has 0 fully saturated rings. The van der Waals surface area contributed by atoms with E-state index in [1.165, 1.54) is 11.3 Å². The Labute approximate surface area is 196 Å². The number of fused-ring (bicyclic) bond motifs is 1. The van der Waals surface area contributed by atoms with Gasteiger partial charge in [0, 0.05) is 20.1 Å². The van der Waals surface area contributed by atoms with Crippen LogP contribution in [0.1, 0.15) is 34.9 Å². The molecule has 2 N–H and O–H groups in total. The van der Waals surface area contributed by atoms with Gasteiger partial charge in [-0.05, 0) is 50.6 Å². The van der Waals surface area contributed by atoms with E-state index in [-0.39, 0.29) is 37.4 Å². The van der Waals surface area contributed by atoms with Crippen LogP contribution in [0.2, 0.25) is 0 Å². The quantitative estimate of drug-likeness (QED) is 0.390. The van der Waals surface area contributed by atoms with Gasteiger partial charge in [0.15, 0.2) is 0 Å². The van der Waals surface area contributed by atoms with E-state index < -0.39 is 7.60 Å². The van der Waals surface area contributed by atoms with Crippen molar-refractivity contribution in [3.05, 3.63) is 57.0 Å². The molecule has 0 saturated heterocycles. The van der Waals surface area contributed by atoms with Gasteiger partial charge < -0.3 is 24.2 Å². The molecule has 2 aromatic heterocycles. The fraction of sp³-hybridized carbons (Fsp3) is 0.409. The van der Waals surface area contributed by atoms with Gasteiger partial charge in [0.25, 0.3) is 11.5 Å². The predicted octanol–water partition coefficient (Wildman–Crippen LogP) is 3.93. The van der Waals surface area contributed by atoms with Crippen LogP contribution in [-0.2, 0) is 20.2 Å². The van der Waals surface area contributed by atoms with Crippen molar-refractivity contribution in [3.8, 4) is 0 Å². The van der Waals surface area contributed by atoms with Crippen LogP contribution in [0.25, 0.3) is 10.9 Å². The second-order valence-corrected chi connectivity index (χ2v) is 10.7. The predicted molar refractivity (Wildman–Crippen MR) is 132 cm³/mol. The van der Waals surface area contributed by atoms with Crippen molar-refractivity contribution in [1.82, 2.24) is 15.3 Å². The van der Waals surface area contributed by atoms with Crippen molar-refractivity contribution in [2.75, 3.05) is 37.9 Å². The largest absolute Gasteiger partial charge is 0.362 e. The lowest BCUT2D eigenvalue weighted by Gasteiger charge is -2.17. The number of nitrogens with zero attached hydrogens (tertiary/aromatic N) is 2. The SMILES string of the molecule is CCOP(=O)(CCNC(=O)c1ccc(N(C)Cc2ccc3nc(C)[nH]c(=O)c3c2)s1)OCC. The molecular formula is C22H29N4O5PS. The highest BCUT2D eigenvalue weighted by Crippen LogP contribution is 2.47. The molecule has 0 bridgehead atoms. The number of hydrogen-bond acceptors (Lipinski definition) is 8. The second kappa shape index (κ2) is 11.1. The van der Waals surface area contributed by atoms with E-state index in [2.05, 4.69) is 15.3 Å². The number of amides is 1. The number of H-pyrrole nitrogens is 1. The lowest BCUT2D eigenvalue weighted by molar-refractivity contribution is 0.0959. The van der Waals surface area contributed by atoms with Crippen molar-refractivity contribution < 1.29 is 18.4 Å². The lowest BCUT2D eigenvalue weighted by atomic mass is 10.1. The number of carbonyl (C=O) groups is 1. The third-order valence-electron chi connectivity index (χ3n) is 4.82. The number of aromatic amines is 1. The van der Waals surface area contributed by atoms with E-state index >= 15 is 0 Å². The summed E-state index contributed by atoms with van der Waals surface area (Å²) in [5.74, 6) is 0.346. The topological polar surface area (TPSA) is 114 Å². The molecule has 0 radical (unpaired) electrons. The summed E-state index contributed by atoms with van der Waals surface area (Å²) in [6, 6.07) is 9.27. The number of rotatable bonds is 11. The first-order valence-corrected chi connectivity index (χ1v) is 13.3. The van der Waals surface area contributed by atoms with Gasteiger partial charge in [0.1, 0.15) is 5.82 Å². The molecule has 3 aromatic rings. The summed E-state index contributed by atoms with van der Waals surface area (Å²) in [6.45, 7) is 6.59. The zero-order valence-corrected chi connectivity index (χ0v) is 20.9. The number of hydrogen-bond donors (Lipinski definition) is 2. The summed E-state index contributed by atoms with van der Waals surface area (Å²) in [6.07, 6.45) is 0.119. The summed E-state index contributed by atoms with van der Waals surface area (Å²) in [5, 5.41) is 4.24. The number of aromatic nitrogens is 2. The van der Waals surface area contributed by atoms with Crippen LogP contribution < -0.4 is 15.8 Å². The number of benzene rings is 1. The van der Waals surface area contributed by atoms with Gasteiger partial charge in [-0.25, -0.2) is 4.98 Å². The Balaban J connectivity index is 1.61. The average molecular weight is 493 g/mol. The van der Waals surface area contributed by atoms with Gasteiger partial charge in [-0.1, -0.05) is 6.07 Å². The number of thiophene rings is 1. The van der Waals surface area contributed by atoms with Crippen LogP contribution in [0.3, 0.4) is 0 Å². The highest BCUT2D eigenvalue weighted by atomic mass is 32.1. The van der Waals surface area contributed by atoms with E-state index in [1.54, 1.807) is 26.8 Å². The Bertz CT molecular complexity index is 1210. The molecule has 3 rings (SSSR count). The van der Waals surface area contributed by atoms with Gasteiger partial charge in [0.2, 0.25) is 0 Å². The fourth-order valence-electron chi connectivity index (χ4n) is 3.36. The third-order valence-corrected chi connectivity index (χ3v) is 8.10. The van der Waals surface area contributed by atoms with Crippen molar-refractivity contribution in [2.45, 2.75) is 27.3 Å². The van der Waals surface area contributed by atoms with E-state index in [9.17, 15) is 14.2 Å².